The number of carbonyl (C=O) groups is 1. The largest absolute Gasteiger partial charge is 0.744 e. The Morgan fingerprint density at radius 3 is 2.12 bits per heavy atom. The second kappa shape index (κ2) is 11.3. The molecule has 0 heterocycles. The van der Waals surface area contributed by atoms with Crippen LogP contribution < -0.4 is 4.74 Å². The Bertz CT molecular complexity index is 1540. The van der Waals surface area contributed by atoms with Gasteiger partial charge in [0.1, 0.15) is 15.9 Å². The fourth-order valence-corrected chi connectivity index (χ4v) is 8.55. The van der Waals surface area contributed by atoms with Gasteiger partial charge in [-0.1, -0.05) is 62.8 Å². The number of carbonyl (C=O) groups excluding carboxylic acids is 1. The molecule has 2 saturated carbocycles. The number of benzene rings is 3. The highest BCUT2D eigenvalue weighted by atomic mass is 32.2. The van der Waals surface area contributed by atoms with Crippen LogP contribution in [0.15, 0.2) is 41.3 Å². The minimum atomic E-state index is -4.62. The van der Waals surface area contributed by atoms with Gasteiger partial charge in [-0.3, -0.25) is 0 Å². The lowest BCUT2D eigenvalue weighted by atomic mass is 9.74. The number of hydrogen-bond acceptors (Lipinski definition) is 5. The van der Waals surface area contributed by atoms with Gasteiger partial charge in [-0.05, 0) is 121 Å². The van der Waals surface area contributed by atoms with Gasteiger partial charge in [0.2, 0.25) is 0 Å². The summed E-state index contributed by atoms with van der Waals surface area (Å²) in [7, 11) is -4.62. The second-order valence-electron chi connectivity index (χ2n) is 12.2. The van der Waals surface area contributed by atoms with Gasteiger partial charge in [0.05, 0.1) is 10.5 Å². The Morgan fingerprint density at radius 2 is 1.45 bits per heavy atom. The molecule has 0 spiro atoms. The monoisotopic (exact) mass is 559 g/mol. The molecule has 3 aliphatic carbocycles. The molecule has 0 bridgehead atoms. The summed E-state index contributed by atoms with van der Waals surface area (Å²) in [6.45, 7) is 1.75. The van der Waals surface area contributed by atoms with Crippen LogP contribution in [0.2, 0.25) is 0 Å². The van der Waals surface area contributed by atoms with Crippen LogP contribution in [0.5, 0.6) is 5.75 Å². The van der Waals surface area contributed by atoms with Crippen LogP contribution >= 0.6 is 0 Å². The Kier molecular flexibility index (Phi) is 7.75. The molecule has 212 valence electrons. The predicted molar refractivity (Wildman–Crippen MR) is 156 cm³/mol. The number of aryl methyl sites for hydroxylation is 1. The van der Waals surface area contributed by atoms with Crippen molar-refractivity contribution in [3.63, 3.8) is 0 Å². The van der Waals surface area contributed by atoms with Crippen molar-refractivity contribution in [2.24, 2.45) is 0 Å². The fourth-order valence-electron chi connectivity index (χ4n) is 7.70. The van der Waals surface area contributed by atoms with E-state index in [9.17, 15) is 17.8 Å². The van der Waals surface area contributed by atoms with E-state index in [1.807, 2.05) is 0 Å². The summed E-state index contributed by atoms with van der Waals surface area (Å²) in [5, 5.41) is 2.34. The first-order chi connectivity index (χ1) is 19.3. The zero-order chi connectivity index (χ0) is 27.9. The summed E-state index contributed by atoms with van der Waals surface area (Å²) in [5.74, 6) is 0.754. The molecule has 0 aromatic heterocycles. The highest BCUT2D eigenvalue weighted by molar-refractivity contribution is 7.85. The van der Waals surface area contributed by atoms with Gasteiger partial charge in [-0.15, -0.1) is 0 Å². The maximum Gasteiger partial charge on any atom is 0.344 e. The van der Waals surface area contributed by atoms with Crippen LogP contribution in [0.3, 0.4) is 0 Å². The molecule has 6 heteroatoms. The van der Waals surface area contributed by atoms with Gasteiger partial charge in [-0.25, -0.2) is 13.2 Å². The summed E-state index contributed by atoms with van der Waals surface area (Å²) in [5.41, 5.74) is 4.79. The standard InChI is InChI=1S/C34H40O5S/c1-22-20-30(40(36,37)38)27-18-10-11-19-28(27)33(22)39-34(35)32-29(23-12-4-2-5-13-23)21-25-16-8-9-17-26(25)31(32)24-14-6-3-7-15-24/h8-9,16-17,20-21,23-24H,2-7,10-15,18-19H2,1H3,(H,36,37,38)/p-1. The van der Waals surface area contributed by atoms with Crippen molar-refractivity contribution in [1.82, 2.24) is 0 Å². The average molecular weight is 560 g/mol. The van der Waals surface area contributed by atoms with E-state index in [0.717, 1.165) is 60.6 Å². The third-order valence-electron chi connectivity index (χ3n) is 9.59. The van der Waals surface area contributed by atoms with Crippen molar-refractivity contribution in [2.45, 2.75) is 114 Å². The molecule has 0 saturated heterocycles. The molecule has 3 aromatic rings. The lowest BCUT2D eigenvalue weighted by Crippen LogP contribution is -2.22. The molecule has 0 N–H and O–H groups in total. The molecule has 3 aromatic carbocycles. The number of rotatable bonds is 5. The van der Waals surface area contributed by atoms with E-state index >= 15 is 0 Å². The van der Waals surface area contributed by atoms with Crippen LogP contribution in [0.1, 0.15) is 127 Å². The van der Waals surface area contributed by atoms with Crippen molar-refractivity contribution < 1.29 is 22.5 Å². The maximum absolute atomic E-state index is 14.5. The minimum absolute atomic E-state index is 0.156. The van der Waals surface area contributed by atoms with Gasteiger partial charge in [-0.2, -0.15) is 0 Å². The molecular weight excluding hydrogens is 520 g/mol. The van der Waals surface area contributed by atoms with Crippen molar-refractivity contribution in [3.8, 4) is 5.75 Å². The van der Waals surface area contributed by atoms with Crippen molar-refractivity contribution in [2.75, 3.05) is 0 Å². The highest BCUT2D eigenvalue weighted by Gasteiger charge is 2.32. The van der Waals surface area contributed by atoms with E-state index in [2.05, 4.69) is 30.3 Å². The van der Waals surface area contributed by atoms with E-state index in [1.54, 1.807) is 6.92 Å². The first-order valence-corrected chi connectivity index (χ1v) is 16.6. The van der Waals surface area contributed by atoms with Gasteiger partial charge in [0.25, 0.3) is 0 Å². The molecule has 5 nitrogen and oxygen atoms in total. The van der Waals surface area contributed by atoms with Crippen LogP contribution in [0.4, 0.5) is 0 Å². The Balaban J connectivity index is 1.53. The first-order valence-electron chi connectivity index (χ1n) is 15.2. The van der Waals surface area contributed by atoms with Gasteiger partial charge in [0, 0.05) is 0 Å². The summed E-state index contributed by atoms with van der Waals surface area (Å²) < 4.78 is 42.7. The highest BCUT2D eigenvalue weighted by Crippen LogP contribution is 2.45. The summed E-state index contributed by atoms with van der Waals surface area (Å²) in [6.07, 6.45) is 14.2. The van der Waals surface area contributed by atoms with Crippen LogP contribution in [0.25, 0.3) is 10.8 Å². The lowest BCUT2D eigenvalue weighted by molar-refractivity contribution is 0.0727. The quantitative estimate of drug-likeness (QED) is 0.179. The molecule has 3 aliphatic rings. The van der Waals surface area contributed by atoms with Crippen molar-refractivity contribution >= 4 is 26.9 Å². The van der Waals surface area contributed by atoms with E-state index in [-0.39, 0.29) is 10.9 Å². The third-order valence-corrected chi connectivity index (χ3v) is 10.5. The van der Waals surface area contributed by atoms with E-state index in [4.69, 9.17) is 4.74 Å². The molecule has 0 amide bonds. The predicted octanol–water partition coefficient (Wildman–Crippen LogP) is 8.25. The molecule has 0 atom stereocenters. The number of hydrogen-bond donors (Lipinski definition) is 0. The molecule has 6 rings (SSSR count). The average Bonchev–Trinajstić information content (AvgIpc) is 2.97. The SMILES string of the molecule is Cc1cc(S(=O)(=O)[O-])c2c(c1OC(=O)c1c(C3CCCCC3)cc3ccccc3c1C1CCCCC1)CCCC2. The minimum Gasteiger partial charge on any atom is -0.744 e. The van der Waals surface area contributed by atoms with Crippen molar-refractivity contribution in [3.05, 3.63) is 69.8 Å². The lowest BCUT2D eigenvalue weighted by Gasteiger charge is -2.31. The number of fused-ring (bicyclic) bond motifs is 2. The summed E-state index contributed by atoms with van der Waals surface area (Å²) in [4.78, 5) is 14.3. The first kappa shape index (κ1) is 27.5. The van der Waals surface area contributed by atoms with E-state index < -0.39 is 10.1 Å². The van der Waals surface area contributed by atoms with Crippen LogP contribution in [0, 0.1) is 6.92 Å². The van der Waals surface area contributed by atoms with Gasteiger partial charge in [0.15, 0.2) is 0 Å². The smallest absolute Gasteiger partial charge is 0.344 e. The van der Waals surface area contributed by atoms with Crippen LogP contribution in [-0.4, -0.2) is 18.9 Å². The fraction of sp³-hybridized carbons (Fsp3) is 0.500. The molecule has 0 radical (unpaired) electrons. The molecule has 0 aliphatic heterocycles. The molecule has 2 fully saturated rings. The Hall–Kier alpha value is -2.70. The Morgan fingerprint density at radius 1 is 0.825 bits per heavy atom. The zero-order valence-electron chi connectivity index (χ0n) is 23.5. The van der Waals surface area contributed by atoms with Gasteiger partial charge < -0.3 is 9.29 Å². The van der Waals surface area contributed by atoms with E-state index in [0.29, 0.717) is 47.1 Å². The topological polar surface area (TPSA) is 83.5 Å². The summed E-state index contributed by atoms with van der Waals surface area (Å²) in [6, 6.07) is 12.1. The zero-order valence-corrected chi connectivity index (χ0v) is 24.3. The molecular formula is C34H39O5S-. The van der Waals surface area contributed by atoms with Crippen LogP contribution in [-0.2, 0) is 23.0 Å². The molecule has 40 heavy (non-hydrogen) atoms. The number of ether oxygens (including phenoxy) is 1. The Labute approximate surface area is 238 Å². The van der Waals surface area contributed by atoms with Gasteiger partial charge >= 0.3 is 5.97 Å². The second-order valence-corrected chi connectivity index (χ2v) is 13.5. The summed E-state index contributed by atoms with van der Waals surface area (Å²) >= 11 is 0. The van der Waals surface area contributed by atoms with E-state index in [1.165, 1.54) is 50.0 Å². The number of esters is 1. The third kappa shape index (κ3) is 5.21. The molecule has 0 unspecified atom stereocenters. The maximum atomic E-state index is 14.5. The van der Waals surface area contributed by atoms with Crippen molar-refractivity contribution in [1.29, 1.82) is 0 Å². The normalized spacial score (nSPS) is 18.9.